The van der Waals surface area contributed by atoms with Crippen molar-refractivity contribution in [2.75, 3.05) is 17.1 Å². The minimum atomic E-state index is -0.897. The van der Waals surface area contributed by atoms with E-state index in [4.69, 9.17) is 21.2 Å². The first kappa shape index (κ1) is 19.1. The number of hydroxylamine groups is 1. The van der Waals surface area contributed by atoms with Crippen LogP contribution in [0.2, 0.25) is 5.02 Å². The number of hydrogen-bond acceptors (Lipinski definition) is 6. The molecule has 2 aromatic carbocycles. The summed E-state index contributed by atoms with van der Waals surface area (Å²) in [4.78, 5) is 35.0. The summed E-state index contributed by atoms with van der Waals surface area (Å²) in [5, 5.41) is 4.21. The highest BCUT2D eigenvalue weighted by Gasteiger charge is 2.60. The summed E-state index contributed by atoms with van der Waals surface area (Å²) in [6, 6.07) is 17.5. The topological polar surface area (TPSA) is 59.1 Å². The standard InChI is InChI=1S/C22H17ClN2O4S/c1-28-16-5-2-4-15(12-16)24-21(26)18-19(17-6-3-11-30-17)25(29-20(18)22(24)27)14-9-7-13(23)8-10-14/h2-12,18-20H,1H3/t18-,19-,20-/m1/s1. The van der Waals surface area contributed by atoms with Gasteiger partial charge in [0.1, 0.15) is 17.7 Å². The van der Waals surface area contributed by atoms with Crippen LogP contribution in [-0.2, 0) is 14.4 Å². The van der Waals surface area contributed by atoms with Crippen molar-refractivity contribution in [3.8, 4) is 5.75 Å². The Morgan fingerprint density at radius 1 is 1.00 bits per heavy atom. The number of carbonyl (C=O) groups excluding carboxylic acids is 2. The zero-order valence-corrected chi connectivity index (χ0v) is 17.5. The van der Waals surface area contributed by atoms with Gasteiger partial charge < -0.3 is 4.74 Å². The number of halogens is 1. The fourth-order valence-electron chi connectivity index (χ4n) is 3.98. The van der Waals surface area contributed by atoms with E-state index in [9.17, 15) is 9.59 Å². The number of benzene rings is 2. The van der Waals surface area contributed by atoms with Crippen molar-refractivity contribution >= 4 is 46.1 Å². The number of hydrogen-bond donors (Lipinski definition) is 0. The smallest absolute Gasteiger partial charge is 0.266 e. The Balaban J connectivity index is 1.55. The third kappa shape index (κ3) is 2.98. The molecule has 0 bridgehead atoms. The average Bonchev–Trinajstić information content (AvgIpc) is 3.46. The Kier molecular flexibility index (Phi) is 4.73. The molecule has 0 saturated carbocycles. The number of rotatable bonds is 4. The normalized spacial score (nSPS) is 23.2. The lowest BCUT2D eigenvalue weighted by atomic mass is 9.95. The minimum Gasteiger partial charge on any atom is -0.497 e. The number of imide groups is 1. The van der Waals surface area contributed by atoms with Crippen LogP contribution in [0, 0.1) is 5.92 Å². The van der Waals surface area contributed by atoms with Crippen LogP contribution in [0.4, 0.5) is 11.4 Å². The molecule has 2 amide bonds. The summed E-state index contributed by atoms with van der Waals surface area (Å²) in [6.07, 6.45) is -0.897. The monoisotopic (exact) mass is 440 g/mol. The van der Waals surface area contributed by atoms with Crippen molar-refractivity contribution in [3.05, 3.63) is 75.9 Å². The summed E-state index contributed by atoms with van der Waals surface area (Å²) in [7, 11) is 1.54. The third-order valence-electron chi connectivity index (χ3n) is 5.34. The van der Waals surface area contributed by atoms with E-state index in [1.54, 1.807) is 48.6 Å². The van der Waals surface area contributed by atoms with Gasteiger partial charge in [0.25, 0.3) is 5.91 Å². The molecule has 3 atom stereocenters. The maximum atomic E-state index is 13.5. The molecule has 8 heteroatoms. The number of methoxy groups -OCH3 is 1. The van der Waals surface area contributed by atoms with Crippen molar-refractivity contribution in [3.63, 3.8) is 0 Å². The van der Waals surface area contributed by atoms with Crippen LogP contribution >= 0.6 is 22.9 Å². The van der Waals surface area contributed by atoms with E-state index in [-0.39, 0.29) is 11.8 Å². The molecule has 2 saturated heterocycles. The number of thiophene rings is 1. The van der Waals surface area contributed by atoms with Crippen molar-refractivity contribution in [2.24, 2.45) is 5.92 Å². The fourth-order valence-corrected chi connectivity index (χ4v) is 4.96. The van der Waals surface area contributed by atoms with Crippen LogP contribution in [0.15, 0.2) is 66.0 Å². The largest absolute Gasteiger partial charge is 0.497 e. The summed E-state index contributed by atoms with van der Waals surface area (Å²) in [5.74, 6) is -0.744. The summed E-state index contributed by atoms with van der Waals surface area (Å²) < 4.78 is 5.25. The van der Waals surface area contributed by atoms with Crippen LogP contribution in [0.3, 0.4) is 0 Å². The first-order valence-corrected chi connectivity index (χ1v) is 10.6. The highest BCUT2D eigenvalue weighted by molar-refractivity contribution is 7.10. The average molecular weight is 441 g/mol. The number of anilines is 2. The van der Waals surface area contributed by atoms with E-state index >= 15 is 0 Å². The van der Waals surface area contributed by atoms with Crippen LogP contribution in [0.1, 0.15) is 10.9 Å². The van der Waals surface area contributed by atoms with Gasteiger partial charge in [-0.1, -0.05) is 23.7 Å². The van der Waals surface area contributed by atoms with E-state index in [1.165, 1.54) is 16.2 Å². The van der Waals surface area contributed by atoms with E-state index < -0.39 is 18.1 Å². The molecule has 0 radical (unpaired) electrons. The SMILES string of the molecule is COc1cccc(N2C(=O)[C@@H]3[C@@H](c4cccs4)N(c4ccc(Cl)cc4)O[C@H]3C2=O)c1. The highest BCUT2D eigenvalue weighted by Crippen LogP contribution is 2.48. The Morgan fingerprint density at radius 3 is 2.50 bits per heavy atom. The lowest BCUT2D eigenvalue weighted by Crippen LogP contribution is -2.37. The van der Waals surface area contributed by atoms with Gasteiger partial charge >= 0.3 is 0 Å². The van der Waals surface area contributed by atoms with Crippen molar-refractivity contribution in [1.29, 1.82) is 0 Å². The van der Waals surface area contributed by atoms with Crippen molar-refractivity contribution in [2.45, 2.75) is 12.1 Å². The Labute approximate surface area is 182 Å². The van der Waals surface area contributed by atoms with Gasteiger partial charge in [-0.15, -0.1) is 11.3 Å². The molecule has 1 aromatic heterocycles. The predicted octanol–water partition coefficient (Wildman–Crippen LogP) is 4.46. The molecule has 6 nitrogen and oxygen atoms in total. The second kappa shape index (κ2) is 7.43. The molecule has 3 aromatic rings. The Bertz CT molecular complexity index is 1100. The molecule has 30 heavy (non-hydrogen) atoms. The van der Waals surface area contributed by atoms with Gasteiger partial charge in [-0.3, -0.25) is 14.4 Å². The number of amides is 2. The number of fused-ring (bicyclic) bond motifs is 1. The van der Waals surface area contributed by atoms with E-state index in [2.05, 4.69) is 0 Å². The number of ether oxygens (including phenoxy) is 1. The molecule has 5 rings (SSSR count). The van der Waals surface area contributed by atoms with Crippen LogP contribution in [0.5, 0.6) is 5.75 Å². The molecule has 2 aliphatic heterocycles. The number of carbonyl (C=O) groups is 2. The summed E-state index contributed by atoms with van der Waals surface area (Å²) in [6.45, 7) is 0. The second-order valence-electron chi connectivity index (χ2n) is 7.03. The third-order valence-corrected chi connectivity index (χ3v) is 6.54. The van der Waals surface area contributed by atoms with Gasteiger partial charge in [-0.2, -0.15) is 0 Å². The molecule has 2 aliphatic rings. The summed E-state index contributed by atoms with van der Waals surface area (Å²) >= 11 is 7.55. The highest BCUT2D eigenvalue weighted by atomic mass is 35.5. The molecule has 0 spiro atoms. The molecular formula is C22H17ClN2O4S. The second-order valence-corrected chi connectivity index (χ2v) is 8.44. The zero-order chi connectivity index (χ0) is 20.8. The van der Waals surface area contributed by atoms with Gasteiger partial charge in [0, 0.05) is 16.0 Å². The number of nitrogens with zero attached hydrogens (tertiary/aromatic N) is 2. The zero-order valence-electron chi connectivity index (χ0n) is 15.9. The van der Waals surface area contributed by atoms with Gasteiger partial charge in [-0.05, 0) is 47.8 Å². The van der Waals surface area contributed by atoms with E-state index in [0.29, 0.717) is 16.5 Å². The maximum absolute atomic E-state index is 13.5. The molecule has 2 fully saturated rings. The lowest BCUT2D eigenvalue weighted by molar-refractivity contribution is -0.126. The first-order chi connectivity index (χ1) is 14.6. The molecule has 152 valence electrons. The van der Waals surface area contributed by atoms with Crippen molar-refractivity contribution in [1.82, 2.24) is 0 Å². The first-order valence-electron chi connectivity index (χ1n) is 9.35. The fraction of sp³-hybridized carbons (Fsp3) is 0.182. The van der Waals surface area contributed by atoms with Crippen LogP contribution < -0.4 is 14.7 Å². The van der Waals surface area contributed by atoms with Crippen molar-refractivity contribution < 1.29 is 19.2 Å². The van der Waals surface area contributed by atoms with E-state index in [0.717, 1.165) is 10.6 Å². The quantitative estimate of drug-likeness (QED) is 0.560. The molecule has 0 N–H and O–H groups in total. The van der Waals surface area contributed by atoms with Gasteiger partial charge in [0.15, 0.2) is 6.10 Å². The predicted molar refractivity (Wildman–Crippen MR) is 115 cm³/mol. The lowest BCUT2D eigenvalue weighted by Gasteiger charge is -2.28. The van der Waals surface area contributed by atoms with Crippen LogP contribution in [-0.4, -0.2) is 25.0 Å². The molecule has 0 aliphatic carbocycles. The van der Waals surface area contributed by atoms with Gasteiger partial charge in [0.05, 0.1) is 18.5 Å². The summed E-state index contributed by atoms with van der Waals surface area (Å²) in [5.41, 5.74) is 1.21. The van der Waals surface area contributed by atoms with E-state index in [1.807, 2.05) is 29.6 Å². The molecule has 3 heterocycles. The molecular weight excluding hydrogens is 424 g/mol. The minimum absolute atomic E-state index is 0.284. The van der Waals surface area contributed by atoms with Gasteiger partial charge in [0.2, 0.25) is 5.91 Å². The van der Waals surface area contributed by atoms with Crippen LogP contribution in [0.25, 0.3) is 0 Å². The molecule has 0 unspecified atom stereocenters. The Hall–Kier alpha value is -2.87. The van der Waals surface area contributed by atoms with Gasteiger partial charge in [-0.25, -0.2) is 9.96 Å². The maximum Gasteiger partial charge on any atom is 0.266 e. The Morgan fingerprint density at radius 2 is 1.80 bits per heavy atom.